The normalized spacial score (nSPS) is 23.6. The molecule has 1 aliphatic rings. The number of nitrogens with zero attached hydrogens (tertiary/aromatic N) is 1. The van der Waals surface area contributed by atoms with Gasteiger partial charge in [0, 0.05) is 34.2 Å². The summed E-state index contributed by atoms with van der Waals surface area (Å²) in [4.78, 5) is 0. The van der Waals surface area contributed by atoms with Crippen LogP contribution in [0.5, 0.6) is 0 Å². The molecule has 1 saturated heterocycles. The second-order valence-electron chi connectivity index (χ2n) is 5.25. The number of benzene rings is 1. The van der Waals surface area contributed by atoms with Gasteiger partial charge in [0.25, 0.3) is 0 Å². The third kappa shape index (κ3) is 1.89. The predicted octanol–water partition coefficient (Wildman–Crippen LogP) is 4.08. The summed E-state index contributed by atoms with van der Waals surface area (Å²) in [5.74, 6) is 0. The Hall–Kier alpha value is -1.01. The first-order valence-corrected chi connectivity index (χ1v) is 7.21. The van der Waals surface area contributed by atoms with Gasteiger partial charge in [-0.2, -0.15) is 13.2 Å². The Morgan fingerprint density at radius 2 is 2.10 bits per heavy atom. The maximum absolute atomic E-state index is 13.7. The molecule has 3 rings (SSSR count). The zero-order chi connectivity index (χ0) is 14.5. The molecule has 0 amide bonds. The first-order chi connectivity index (χ1) is 9.35. The molecule has 2 heterocycles. The lowest BCUT2D eigenvalue weighted by atomic mass is 9.87. The zero-order valence-electron chi connectivity index (χ0n) is 10.9. The van der Waals surface area contributed by atoms with Gasteiger partial charge >= 0.3 is 6.18 Å². The fraction of sp³-hybridized carbons (Fsp3) is 0.429. The van der Waals surface area contributed by atoms with E-state index in [4.69, 9.17) is 0 Å². The van der Waals surface area contributed by atoms with Crippen molar-refractivity contribution < 1.29 is 13.2 Å². The third-order valence-electron chi connectivity index (χ3n) is 4.05. The van der Waals surface area contributed by atoms with E-state index in [0.717, 1.165) is 9.99 Å². The van der Waals surface area contributed by atoms with Crippen LogP contribution >= 0.6 is 15.9 Å². The molecular weight excluding hydrogens is 333 g/mol. The Morgan fingerprint density at radius 3 is 2.70 bits per heavy atom. The highest BCUT2D eigenvalue weighted by Gasteiger charge is 2.58. The smallest absolute Gasteiger partial charge is 0.350 e. The van der Waals surface area contributed by atoms with E-state index in [2.05, 4.69) is 21.2 Å². The van der Waals surface area contributed by atoms with Crippen molar-refractivity contribution >= 4 is 26.8 Å². The molecule has 0 aliphatic carbocycles. The van der Waals surface area contributed by atoms with E-state index >= 15 is 0 Å². The number of aromatic nitrogens is 1. The van der Waals surface area contributed by atoms with Crippen molar-refractivity contribution in [3.8, 4) is 0 Å². The molecule has 20 heavy (non-hydrogen) atoms. The standard InChI is InChI=1S/C14H14BrF3N2/c1-20-8-11(10-7-9(15)3-4-12(10)20)13(14(16,17)18)5-2-6-19-13/h3-4,7-8,19H,2,5-6H2,1H3. The number of halogens is 4. The molecule has 0 saturated carbocycles. The lowest BCUT2D eigenvalue weighted by Crippen LogP contribution is -2.49. The Morgan fingerprint density at radius 1 is 1.35 bits per heavy atom. The first kappa shape index (κ1) is 13.9. The molecule has 0 radical (unpaired) electrons. The summed E-state index contributed by atoms with van der Waals surface area (Å²) in [6.07, 6.45) is -2.09. The Labute approximate surface area is 123 Å². The minimum Gasteiger partial charge on any atom is -0.350 e. The van der Waals surface area contributed by atoms with Crippen LogP contribution < -0.4 is 5.32 Å². The Kier molecular flexibility index (Phi) is 3.14. The summed E-state index contributed by atoms with van der Waals surface area (Å²) >= 11 is 3.34. The van der Waals surface area contributed by atoms with Crippen molar-refractivity contribution in [1.29, 1.82) is 0 Å². The van der Waals surface area contributed by atoms with Gasteiger partial charge in [-0.05, 0) is 37.6 Å². The topological polar surface area (TPSA) is 17.0 Å². The number of hydrogen-bond acceptors (Lipinski definition) is 1. The summed E-state index contributed by atoms with van der Waals surface area (Å²) in [6, 6.07) is 5.44. The molecule has 0 spiro atoms. The van der Waals surface area contributed by atoms with Crippen LogP contribution in [-0.2, 0) is 12.6 Å². The van der Waals surface area contributed by atoms with Gasteiger partial charge < -0.3 is 4.57 Å². The molecule has 0 bridgehead atoms. The maximum atomic E-state index is 13.7. The molecule has 2 nitrogen and oxygen atoms in total. The van der Waals surface area contributed by atoms with Crippen LogP contribution in [0.25, 0.3) is 10.9 Å². The highest BCUT2D eigenvalue weighted by atomic mass is 79.9. The quantitative estimate of drug-likeness (QED) is 0.823. The summed E-state index contributed by atoms with van der Waals surface area (Å²) in [5, 5.41) is 3.34. The highest BCUT2D eigenvalue weighted by Crippen LogP contribution is 2.47. The maximum Gasteiger partial charge on any atom is 0.410 e. The van der Waals surface area contributed by atoms with E-state index in [1.54, 1.807) is 23.9 Å². The van der Waals surface area contributed by atoms with E-state index < -0.39 is 11.7 Å². The molecule has 2 aromatic rings. The number of fused-ring (bicyclic) bond motifs is 1. The summed E-state index contributed by atoms with van der Waals surface area (Å²) < 4.78 is 43.5. The minimum atomic E-state index is -4.31. The van der Waals surface area contributed by atoms with Gasteiger partial charge in [0.15, 0.2) is 0 Å². The van der Waals surface area contributed by atoms with Gasteiger partial charge in [0.2, 0.25) is 0 Å². The molecule has 108 valence electrons. The van der Waals surface area contributed by atoms with E-state index in [1.165, 1.54) is 0 Å². The summed E-state index contributed by atoms with van der Waals surface area (Å²) in [6.45, 7) is 0.393. The van der Waals surface area contributed by atoms with Gasteiger partial charge in [-0.1, -0.05) is 15.9 Å². The Bertz CT molecular complexity index is 654. The number of aryl methyl sites for hydroxylation is 1. The number of rotatable bonds is 1. The summed E-state index contributed by atoms with van der Waals surface area (Å²) in [5.41, 5.74) is -0.797. The van der Waals surface area contributed by atoms with Crippen LogP contribution in [0.1, 0.15) is 18.4 Å². The summed E-state index contributed by atoms with van der Waals surface area (Å²) in [7, 11) is 1.78. The third-order valence-corrected chi connectivity index (χ3v) is 4.54. The number of hydrogen-bond donors (Lipinski definition) is 1. The van der Waals surface area contributed by atoms with Gasteiger partial charge in [0.1, 0.15) is 5.54 Å². The van der Waals surface area contributed by atoms with E-state index in [0.29, 0.717) is 23.9 Å². The van der Waals surface area contributed by atoms with Crippen LogP contribution in [0, 0.1) is 0 Å². The van der Waals surface area contributed by atoms with Crippen molar-refractivity contribution in [3.63, 3.8) is 0 Å². The van der Waals surface area contributed by atoms with Gasteiger partial charge in [-0.3, -0.25) is 5.32 Å². The van der Waals surface area contributed by atoms with Crippen LogP contribution in [0.3, 0.4) is 0 Å². The fourth-order valence-corrected chi connectivity index (χ4v) is 3.43. The molecule has 1 aromatic carbocycles. The lowest BCUT2D eigenvalue weighted by Gasteiger charge is -2.32. The monoisotopic (exact) mass is 346 g/mol. The van der Waals surface area contributed by atoms with Crippen molar-refractivity contribution in [2.24, 2.45) is 7.05 Å². The molecule has 1 aliphatic heterocycles. The van der Waals surface area contributed by atoms with E-state index in [-0.39, 0.29) is 6.42 Å². The van der Waals surface area contributed by atoms with E-state index in [1.807, 2.05) is 12.1 Å². The van der Waals surface area contributed by atoms with Crippen molar-refractivity contribution in [1.82, 2.24) is 9.88 Å². The zero-order valence-corrected chi connectivity index (χ0v) is 12.5. The Balaban J connectivity index is 2.30. The average molecular weight is 347 g/mol. The van der Waals surface area contributed by atoms with Gasteiger partial charge in [0.05, 0.1) is 0 Å². The minimum absolute atomic E-state index is 0.0854. The largest absolute Gasteiger partial charge is 0.410 e. The van der Waals surface area contributed by atoms with Gasteiger partial charge in [-0.25, -0.2) is 0 Å². The fourth-order valence-electron chi connectivity index (χ4n) is 3.07. The van der Waals surface area contributed by atoms with Crippen molar-refractivity contribution in [2.75, 3.05) is 6.54 Å². The van der Waals surface area contributed by atoms with Gasteiger partial charge in [-0.15, -0.1) is 0 Å². The van der Waals surface area contributed by atoms with Crippen LogP contribution in [0.2, 0.25) is 0 Å². The van der Waals surface area contributed by atoms with E-state index in [9.17, 15) is 13.2 Å². The predicted molar refractivity (Wildman–Crippen MR) is 75.6 cm³/mol. The van der Waals surface area contributed by atoms with Crippen LogP contribution in [-0.4, -0.2) is 17.3 Å². The second kappa shape index (κ2) is 4.49. The molecule has 1 fully saturated rings. The van der Waals surface area contributed by atoms with Crippen LogP contribution in [0.4, 0.5) is 13.2 Å². The molecule has 6 heteroatoms. The molecule has 1 unspecified atom stereocenters. The lowest BCUT2D eigenvalue weighted by molar-refractivity contribution is -0.195. The number of nitrogens with one attached hydrogen (secondary N) is 1. The SMILES string of the molecule is Cn1cc(C2(C(F)(F)F)CCCN2)c2cc(Br)ccc21. The first-order valence-electron chi connectivity index (χ1n) is 6.42. The highest BCUT2D eigenvalue weighted by molar-refractivity contribution is 9.10. The molecule has 1 N–H and O–H groups in total. The number of alkyl halides is 3. The molecule has 1 atom stereocenters. The van der Waals surface area contributed by atoms with Crippen molar-refractivity contribution in [2.45, 2.75) is 24.6 Å². The average Bonchev–Trinajstić information content (AvgIpc) is 2.94. The van der Waals surface area contributed by atoms with Crippen molar-refractivity contribution in [3.05, 3.63) is 34.4 Å². The molecular formula is C14H14BrF3N2. The second-order valence-corrected chi connectivity index (χ2v) is 6.16. The molecule has 1 aromatic heterocycles. The van der Waals surface area contributed by atoms with Crippen LogP contribution in [0.15, 0.2) is 28.9 Å².